The smallest absolute Gasteiger partial charge is 0.427 e. The van der Waals surface area contributed by atoms with E-state index < -0.39 is 6.09 Å². The highest BCUT2D eigenvalue weighted by Crippen LogP contribution is 2.19. The Morgan fingerprint density at radius 1 is 1.39 bits per heavy atom. The van der Waals surface area contributed by atoms with Crippen molar-refractivity contribution in [1.82, 2.24) is 9.78 Å². The summed E-state index contributed by atoms with van der Waals surface area (Å²) in [4.78, 5) is 10.9. The number of benzene rings is 1. The number of carboxylic acid groups (broad SMARTS) is 1. The van der Waals surface area contributed by atoms with Crippen molar-refractivity contribution in [3.8, 4) is 5.69 Å². The highest BCUT2D eigenvalue weighted by atomic mass is 16.4. The largest absolute Gasteiger partial charge is 0.464 e. The van der Waals surface area contributed by atoms with Gasteiger partial charge in [0, 0.05) is 6.07 Å². The first kappa shape index (κ1) is 12.1. The van der Waals surface area contributed by atoms with E-state index in [2.05, 4.69) is 5.10 Å². The molecule has 2 aromatic rings. The predicted octanol–water partition coefficient (Wildman–Crippen LogP) is 0.723. The summed E-state index contributed by atoms with van der Waals surface area (Å²) in [6, 6.07) is 10.3. The van der Waals surface area contributed by atoms with E-state index in [0.717, 1.165) is 0 Å². The summed E-state index contributed by atoms with van der Waals surface area (Å²) >= 11 is 0. The first-order valence-corrected chi connectivity index (χ1v) is 5.16. The van der Waals surface area contributed by atoms with E-state index in [1.807, 2.05) is 6.07 Å². The van der Waals surface area contributed by atoms with E-state index in [1.54, 1.807) is 24.3 Å². The average Bonchev–Trinajstić information content (AvgIpc) is 2.82. The Morgan fingerprint density at radius 2 is 2.06 bits per heavy atom. The Hall–Kier alpha value is -2.38. The Kier molecular flexibility index (Phi) is 3.26. The van der Waals surface area contributed by atoms with Gasteiger partial charge in [-0.1, -0.05) is 18.2 Å². The van der Waals surface area contributed by atoms with Gasteiger partial charge in [-0.15, -0.1) is 0 Å². The first-order valence-electron chi connectivity index (χ1n) is 5.16. The normalized spacial score (nSPS) is 10.3. The van der Waals surface area contributed by atoms with Gasteiger partial charge in [0.15, 0.2) is 5.82 Å². The van der Waals surface area contributed by atoms with Gasteiger partial charge in [0.25, 0.3) is 0 Å². The number of hydrazine groups is 1. The van der Waals surface area contributed by atoms with Crippen LogP contribution >= 0.6 is 0 Å². The number of hydrogen-bond acceptors (Lipinski definition) is 4. The summed E-state index contributed by atoms with van der Waals surface area (Å²) in [5, 5.41) is 22.6. The van der Waals surface area contributed by atoms with E-state index in [0.29, 0.717) is 16.4 Å². The van der Waals surface area contributed by atoms with E-state index in [4.69, 9.17) is 16.1 Å². The molecule has 0 saturated carbocycles. The Balaban J connectivity index is 2.52. The number of nitrogens with two attached hydrogens (primary N) is 1. The number of anilines is 1. The number of carbonyl (C=O) groups is 1. The van der Waals surface area contributed by atoms with Gasteiger partial charge in [-0.3, -0.25) is 0 Å². The maximum absolute atomic E-state index is 10.9. The van der Waals surface area contributed by atoms with Crippen LogP contribution in [0.25, 0.3) is 5.69 Å². The summed E-state index contributed by atoms with van der Waals surface area (Å²) in [7, 11) is 0. The molecule has 0 bridgehead atoms. The number of aliphatic hydroxyl groups excluding tert-OH is 1. The van der Waals surface area contributed by atoms with Crippen LogP contribution < -0.4 is 10.9 Å². The molecule has 0 spiro atoms. The Labute approximate surface area is 103 Å². The highest BCUT2D eigenvalue weighted by Gasteiger charge is 2.18. The molecule has 0 fully saturated rings. The molecule has 1 aromatic carbocycles. The van der Waals surface area contributed by atoms with Crippen LogP contribution in [-0.2, 0) is 6.61 Å². The summed E-state index contributed by atoms with van der Waals surface area (Å²) in [6.07, 6.45) is -1.31. The van der Waals surface area contributed by atoms with Gasteiger partial charge in [-0.05, 0) is 12.1 Å². The van der Waals surface area contributed by atoms with Gasteiger partial charge in [0.05, 0.1) is 18.0 Å². The topological polar surface area (TPSA) is 105 Å². The van der Waals surface area contributed by atoms with E-state index >= 15 is 0 Å². The monoisotopic (exact) mass is 248 g/mol. The Bertz CT molecular complexity index is 553. The minimum atomic E-state index is -1.31. The zero-order valence-electron chi connectivity index (χ0n) is 9.39. The molecule has 0 atom stereocenters. The molecule has 1 amide bonds. The summed E-state index contributed by atoms with van der Waals surface area (Å²) in [6.45, 7) is -0.291. The van der Waals surface area contributed by atoms with E-state index in [1.165, 1.54) is 10.7 Å². The lowest BCUT2D eigenvalue weighted by Gasteiger charge is -2.13. The van der Waals surface area contributed by atoms with Gasteiger partial charge < -0.3 is 10.2 Å². The van der Waals surface area contributed by atoms with Gasteiger partial charge >= 0.3 is 6.09 Å². The quantitative estimate of drug-likeness (QED) is 0.422. The van der Waals surface area contributed by atoms with Crippen LogP contribution in [0.15, 0.2) is 36.4 Å². The maximum Gasteiger partial charge on any atom is 0.427 e. The zero-order valence-corrected chi connectivity index (χ0v) is 9.39. The minimum Gasteiger partial charge on any atom is -0.464 e. The van der Waals surface area contributed by atoms with Crippen LogP contribution in [0, 0.1) is 0 Å². The van der Waals surface area contributed by atoms with E-state index in [-0.39, 0.29) is 12.4 Å². The van der Waals surface area contributed by atoms with Gasteiger partial charge in [0.2, 0.25) is 0 Å². The molecule has 4 N–H and O–H groups in total. The number of rotatable bonds is 3. The first-order chi connectivity index (χ1) is 8.63. The molecule has 18 heavy (non-hydrogen) atoms. The number of aromatic nitrogens is 2. The fraction of sp³-hybridized carbons (Fsp3) is 0.0909. The Morgan fingerprint density at radius 3 is 2.61 bits per heavy atom. The molecule has 7 nitrogen and oxygen atoms in total. The molecular weight excluding hydrogens is 236 g/mol. The van der Waals surface area contributed by atoms with Crippen LogP contribution in [0.2, 0.25) is 0 Å². The van der Waals surface area contributed by atoms with Crippen molar-refractivity contribution in [2.24, 2.45) is 5.84 Å². The molecule has 0 saturated heterocycles. The molecule has 1 heterocycles. The maximum atomic E-state index is 10.9. The van der Waals surface area contributed by atoms with Gasteiger partial charge in [0.1, 0.15) is 0 Å². The summed E-state index contributed by atoms with van der Waals surface area (Å²) < 4.78 is 1.36. The van der Waals surface area contributed by atoms with Crippen molar-refractivity contribution >= 4 is 11.9 Å². The van der Waals surface area contributed by atoms with E-state index in [9.17, 15) is 4.79 Å². The van der Waals surface area contributed by atoms with Gasteiger partial charge in [-0.2, -0.15) is 10.1 Å². The second-order valence-electron chi connectivity index (χ2n) is 3.55. The molecule has 94 valence electrons. The third-order valence-corrected chi connectivity index (χ3v) is 2.36. The third kappa shape index (κ3) is 2.17. The zero-order chi connectivity index (χ0) is 13.1. The molecule has 0 radical (unpaired) electrons. The standard InChI is InChI=1S/C11H12N4O3/c12-14(11(17)18)10-6-8(7-16)13-15(10)9-4-2-1-3-5-9/h1-6,16H,7,12H2,(H,17,18). The molecule has 0 unspecified atom stereocenters. The van der Waals surface area contributed by atoms with Crippen LogP contribution in [0.3, 0.4) is 0 Å². The van der Waals surface area contributed by atoms with Crippen LogP contribution in [0.1, 0.15) is 5.69 Å². The molecule has 0 aliphatic carbocycles. The van der Waals surface area contributed by atoms with Crippen molar-refractivity contribution in [2.45, 2.75) is 6.61 Å². The molecular formula is C11H12N4O3. The highest BCUT2D eigenvalue weighted by molar-refractivity contribution is 5.83. The fourth-order valence-electron chi connectivity index (χ4n) is 1.52. The van der Waals surface area contributed by atoms with Crippen molar-refractivity contribution in [2.75, 3.05) is 5.01 Å². The lowest BCUT2D eigenvalue weighted by Crippen LogP contribution is -2.37. The summed E-state index contributed by atoms with van der Waals surface area (Å²) in [5.41, 5.74) is 0.995. The molecule has 2 rings (SSSR count). The van der Waals surface area contributed by atoms with Crippen LogP contribution in [-0.4, -0.2) is 26.1 Å². The number of nitrogens with zero attached hydrogens (tertiary/aromatic N) is 3. The fourth-order valence-corrected chi connectivity index (χ4v) is 1.52. The SMILES string of the molecule is NN(C(=O)O)c1cc(CO)nn1-c1ccccc1. The average molecular weight is 248 g/mol. The van der Waals surface area contributed by atoms with Crippen LogP contribution in [0.5, 0.6) is 0 Å². The second-order valence-corrected chi connectivity index (χ2v) is 3.55. The molecule has 0 aliphatic heterocycles. The lowest BCUT2D eigenvalue weighted by molar-refractivity contribution is 0.201. The van der Waals surface area contributed by atoms with Crippen molar-refractivity contribution in [3.63, 3.8) is 0 Å². The molecule has 0 aliphatic rings. The number of aliphatic hydroxyl groups is 1. The number of hydrogen-bond donors (Lipinski definition) is 3. The minimum absolute atomic E-state index is 0.165. The lowest BCUT2D eigenvalue weighted by atomic mass is 10.3. The summed E-state index contributed by atoms with van der Waals surface area (Å²) in [5.74, 6) is 5.60. The van der Waals surface area contributed by atoms with Gasteiger partial charge in [-0.25, -0.2) is 15.3 Å². The number of para-hydroxylation sites is 1. The van der Waals surface area contributed by atoms with Crippen molar-refractivity contribution in [1.29, 1.82) is 0 Å². The van der Waals surface area contributed by atoms with Crippen molar-refractivity contribution < 1.29 is 15.0 Å². The molecule has 7 heteroatoms. The number of amides is 1. The second kappa shape index (κ2) is 4.86. The van der Waals surface area contributed by atoms with Crippen LogP contribution in [0.4, 0.5) is 10.6 Å². The predicted molar refractivity (Wildman–Crippen MR) is 64.2 cm³/mol. The van der Waals surface area contributed by atoms with Crippen molar-refractivity contribution in [3.05, 3.63) is 42.1 Å². The molecule has 1 aromatic heterocycles. The third-order valence-electron chi connectivity index (χ3n) is 2.36.